The molecule has 1 aliphatic heterocycles. The highest BCUT2D eigenvalue weighted by Gasteiger charge is 2.21. The van der Waals surface area contributed by atoms with Gasteiger partial charge in [-0.15, -0.1) is 10.2 Å². The average molecular weight is 363 g/mol. The minimum Gasteiger partial charge on any atom is -0.368 e. The first-order chi connectivity index (χ1) is 12.1. The minimum atomic E-state index is -0.260. The van der Waals surface area contributed by atoms with Gasteiger partial charge < -0.3 is 15.1 Å². The van der Waals surface area contributed by atoms with Crippen molar-refractivity contribution in [3.8, 4) is 0 Å². The Morgan fingerprint density at radius 1 is 1.12 bits per heavy atom. The van der Waals surface area contributed by atoms with E-state index in [2.05, 4.69) is 20.4 Å². The molecule has 3 rings (SSSR count). The first-order valence-corrected chi connectivity index (χ1v) is 8.84. The number of carbonyl (C=O) groups excluding carboxylic acids is 2. The number of halogens is 1. The second-order valence-corrected chi connectivity index (χ2v) is 6.47. The van der Waals surface area contributed by atoms with Gasteiger partial charge in [0.05, 0.1) is 0 Å². The Labute approximate surface area is 148 Å². The van der Waals surface area contributed by atoms with E-state index in [-0.39, 0.29) is 30.5 Å². The van der Waals surface area contributed by atoms with Gasteiger partial charge in [-0.2, -0.15) is 0 Å². The van der Waals surface area contributed by atoms with Crippen molar-refractivity contribution in [1.82, 2.24) is 15.1 Å². The number of nitrogens with zero attached hydrogens (tertiary/aromatic N) is 4. The molecule has 1 fully saturated rings. The van der Waals surface area contributed by atoms with Gasteiger partial charge in [0, 0.05) is 44.7 Å². The third-order valence-electron chi connectivity index (χ3n) is 4.00. The second kappa shape index (κ2) is 8.02. The normalized spacial score (nSPS) is 14.4. The Hall–Kier alpha value is -2.55. The monoisotopic (exact) mass is 363 g/mol. The molecule has 7 nitrogen and oxygen atoms in total. The highest BCUT2D eigenvalue weighted by atomic mass is 32.1. The van der Waals surface area contributed by atoms with Gasteiger partial charge in [0.15, 0.2) is 0 Å². The molecule has 1 aromatic heterocycles. The molecule has 2 aromatic rings. The van der Waals surface area contributed by atoms with Gasteiger partial charge in [-0.3, -0.25) is 9.59 Å². The lowest BCUT2D eigenvalue weighted by molar-refractivity contribution is -0.133. The van der Waals surface area contributed by atoms with Crippen molar-refractivity contribution in [3.05, 3.63) is 35.6 Å². The molecule has 132 valence electrons. The summed E-state index contributed by atoms with van der Waals surface area (Å²) in [5.74, 6) is -0.536. The van der Waals surface area contributed by atoms with E-state index >= 15 is 0 Å². The Balaban J connectivity index is 1.42. The maximum absolute atomic E-state index is 13.0. The van der Waals surface area contributed by atoms with E-state index in [4.69, 9.17) is 0 Å². The highest BCUT2D eigenvalue weighted by molar-refractivity contribution is 7.13. The fourth-order valence-corrected chi connectivity index (χ4v) is 3.12. The van der Waals surface area contributed by atoms with E-state index in [1.807, 2.05) is 0 Å². The van der Waals surface area contributed by atoms with Gasteiger partial charge in [0.1, 0.15) is 11.3 Å². The van der Waals surface area contributed by atoms with Crippen molar-refractivity contribution in [2.24, 2.45) is 0 Å². The van der Waals surface area contributed by atoms with Crippen LogP contribution in [0.25, 0.3) is 0 Å². The van der Waals surface area contributed by atoms with Crippen LogP contribution in [0, 0.1) is 5.82 Å². The van der Waals surface area contributed by atoms with Gasteiger partial charge in [-0.05, 0) is 24.3 Å². The van der Waals surface area contributed by atoms with Crippen LogP contribution in [-0.2, 0) is 9.59 Å². The van der Waals surface area contributed by atoms with E-state index in [0.717, 1.165) is 5.69 Å². The van der Waals surface area contributed by atoms with Crippen molar-refractivity contribution in [1.29, 1.82) is 0 Å². The molecular formula is C16H18FN5O2S. The second-order valence-electron chi connectivity index (χ2n) is 5.64. The summed E-state index contributed by atoms with van der Waals surface area (Å²) in [6.07, 6.45) is 0.289. The summed E-state index contributed by atoms with van der Waals surface area (Å²) < 4.78 is 13.0. The van der Waals surface area contributed by atoms with E-state index in [1.165, 1.54) is 29.0 Å². The quantitative estimate of drug-likeness (QED) is 0.876. The third kappa shape index (κ3) is 4.72. The van der Waals surface area contributed by atoms with Crippen LogP contribution in [0.2, 0.25) is 0 Å². The van der Waals surface area contributed by atoms with Crippen LogP contribution in [0.15, 0.2) is 29.8 Å². The number of piperazine rings is 1. The molecule has 0 atom stereocenters. The molecule has 1 saturated heterocycles. The first-order valence-electron chi connectivity index (χ1n) is 7.96. The van der Waals surface area contributed by atoms with Crippen molar-refractivity contribution >= 4 is 34.0 Å². The molecule has 25 heavy (non-hydrogen) atoms. The molecule has 0 saturated carbocycles. The van der Waals surface area contributed by atoms with Gasteiger partial charge in [-0.1, -0.05) is 11.3 Å². The number of amides is 2. The summed E-state index contributed by atoms with van der Waals surface area (Å²) in [5, 5.41) is 10.4. The number of hydrogen-bond donors (Lipinski definition) is 1. The Morgan fingerprint density at radius 2 is 1.84 bits per heavy atom. The predicted octanol–water partition coefficient (Wildman–Crippen LogP) is 1.74. The van der Waals surface area contributed by atoms with Gasteiger partial charge in [-0.25, -0.2) is 4.39 Å². The van der Waals surface area contributed by atoms with Crippen LogP contribution in [0.1, 0.15) is 12.8 Å². The van der Waals surface area contributed by atoms with Gasteiger partial charge in [0.25, 0.3) is 0 Å². The van der Waals surface area contributed by atoms with Crippen LogP contribution >= 0.6 is 11.3 Å². The summed E-state index contributed by atoms with van der Waals surface area (Å²) in [4.78, 5) is 27.9. The van der Waals surface area contributed by atoms with E-state index in [9.17, 15) is 14.0 Å². The maximum atomic E-state index is 13.0. The average Bonchev–Trinajstić information content (AvgIpc) is 3.13. The van der Waals surface area contributed by atoms with Crippen LogP contribution in [0.5, 0.6) is 0 Å². The van der Waals surface area contributed by atoms with Gasteiger partial charge in [0.2, 0.25) is 16.9 Å². The lowest BCUT2D eigenvalue weighted by Crippen LogP contribution is -2.48. The molecule has 2 heterocycles. The van der Waals surface area contributed by atoms with Crippen molar-refractivity contribution in [2.75, 3.05) is 36.4 Å². The SMILES string of the molecule is O=C(CCC(=O)N1CCN(c2ccc(F)cc2)CC1)Nc1nncs1. The minimum absolute atomic E-state index is 0.0360. The third-order valence-corrected chi connectivity index (χ3v) is 4.60. The summed E-state index contributed by atoms with van der Waals surface area (Å²) in [6, 6.07) is 6.35. The van der Waals surface area contributed by atoms with Gasteiger partial charge >= 0.3 is 0 Å². The highest BCUT2D eigenvalue weighted by Crippen LogP contribution is 2.17. The smallest absolute Gasteiger partial charge is 0.226 e. The molecule has 1 aromatic carbocycles. The largest absolute Gasteiger partial charge is 0.368 e. The van der Waals surface area contributed by atoms with Crippen molar-refractivity contribution < 1.29 is 14.0 Å². The molecule has 9 heteroatoms. The summed E-state index contributed by atoms with van der Waals surface area (Å²) in [7, 11) is 0. The zero-order chi connectivity index (χ0) is 17.6. The number of aromatic nitrogens is 2. The number of benzene rings is 1. The molecule has 1 aliphatic rings. The Kier molecular flexibility index (Phi) is 5.54. The fourth-order valence-electron chi connectivity index (χ4n) is 2.65. The summed E-state index contributed by atoms with van der Waals surface area (Å²) in [5.41, 5.74) is 2.48. The molecule has 0 unspecified atom stereocenters. The summed E-state index contributed by atoms with van der Waals surface area (Å²) in [6.45, 7) is 2.56. The molecule has 2 amide bonds. The lowest BCUT2D eigenvalue weighted by Gasteiger charge is -2.36. The Bertz CT molecular complexity index is 715. The molecule has 0 radical (unpaired) electrons. The maximum Gasteiger partial charge on any atom is 0.226 e. The molecule has 0 spiro atoms. The number of nitrogens with one attached hydrogen (secondary N) is 1. The van der Waals surface area contributed by atoms with E-state index < -0.39 is 0 Å². The number of hydrogen-bond acceptors (Lipinski definition) is 6. The molecular weight excluding hydrogens is 345 g/mol. The van der Waals surface area contributed by atoms with E-state index in [1.54, 1.807) is 17.0 Å². The zero-order valence-electron chi connectivity index (χ0n) is 13.5. The standard InChI is InChI=1S/C16H18FN5O2S/c17-12-1-3-13(4-2-12)21-7-9-22(10-8-21)15(24)6-5-14(23)19-16-20-18-11-25-16/h1-4,11H,5-10H2,(H,19,20,23). The number of carbonyl (C=O) groups is 2. The van der Waals surface area contributed by atoms with Crippen molar-refractivity contribution in [2.45, 2.75) is 12.8 Å². The zero-order valence-corrected chi connectivity index (χ0v) is 14.3. The fraction of sp³-hybridized carbons (Fsp3) is 0.375. The topological polar surface area (TPSA) is 78.4 Å². The van der Waals surface area contributed by atoms with Crippen LogP contribution in [0.4, 0.5) is 15.2 Å². The summed E-state index contributed by atoms with van der Waals surface area (Å²) >= 11 is 1.23. The van der Waals surface area contributed by atoms with Crippen LogP contribution in [0.3, 0.4) is 0 Å². The molecule has 0 bridgehead atoms. The Morgan fingerprint density at radius 3 is 2.48 bits per heavy atom. The van der Waals surface area contributed by atoms with E-state index in [0.29, 0.717) is 31.3 Å². The molecule has 1 N–H and O–H groups in total. The lowest BCUT2D eigenvalue weighted by atomic mass is 10.2. The molecule has 0 aliphatic carbocycles. The number of rotatable bonds is 5. The predicted molar refractivity (Wildman–Crippen MR) is 93.0 cm³/mol. The first kappa shape index (κ1) is 17.3. The van der Waals surface area contributed by atoms with Crippen molar-refractivity contribution in [3.63, 3.8) is 0 Å². The number of anilines is 2. The van der Waals surface area contributed by atoms with Crippen LogP contribution in [-0.4, -0.2) is 53.1 Å². The van der Waals surface area contributed by atoms with Crippen LogP contribution < -0.4 is 10.2 Å².